The summed E-state index contributed by atoms with van der Waals surface area (Å²) in [5.41, 5.74) is 2.19. The molecule has 4 rings (SSSR count). The van der Waals surface area contributed by atoms with Gasteiger partial charge in [-0.2, -0.15) is 4.31 Å². The first-order chi connectivity index (χ1) is 16.8. The van der Waals surface area contributed by atoms with E-state index in [9.17, 15) is 18.0 Å². The molecule has 2 amide bonds. The summed E-state index contributed by atoms with van der Waals surface area (Å²) in [6.45, 7) is 0.825. The van der Waals surface area contributed by atoms with E-state index in [2.05, 4.69) is 10.6 Å². The SMILES string of the molecule is CN(Cc1ccccc1)S(=O)(=O)c1ccc(NC(=O)c2cccc(NC(=O)C3CCCO3)c2)cc1. The van der Waals surface area contributed by atoms with Crippen LogP contribution in [0.5, 0.6) is 0 Å². The van der Waals surface area contributed by atoms with Crippen LogP contribution in [-0.2, 0) is 26.1 Å². The van der Waals surface area contributed by atoms with Crippen molar-refractivity contribution < 1.29 is 22.7 Å². The highest BCUT2D eigenvalue weighted by Crippen LogP contribution is 2.21. The molecule has 8 nitrogen and oxygen atoms in total. The summed E-state index contributed by atoms with van der Waals surface area (Å²) in [6.07, 6.45) is 1.07. The normalized spacial score (nSPS) is 15.7. The van der Waals surface area contributed by atoms with Crippen molar-refractivity contribution in [1.82, 2.24) is 4.31 Å². The van der Waals surface area contributed by atoms with Crippen molar-refractivity contribution in [2.45, 2.75) is 30.4 Å². The molecule has 3 aromatic carbocycles. The van der Waals surface area contributed by atoms with Gasteiger partial charge in [-0.05, 0) is 60.9 Å². The number of sulfonamides is 1. The van der Waals surface area contributed by atoms with Crippen LogP contribution in [0.3, 0.4) is 0 Å². The van der Waals surface area contributed by atoms with E-state index in [0.29, 0.717) is 30.0 Å². The third-order valence-electron chi connectivity index (χ3n) is 5.68. The molecule has 1 atom stereocenters. The molecule has 9 heteroatoms. The summed E-state index contributed by atoms with van der Waals surface area (Å²) in [4.78, 5) is 25.1. The Morgan fingerprint density at radius 2 is 1.69 bits per heavy atom. The number of carbonyl (C=O) groups excluding carboxylic acids is 2. The van der Waals surface area contributed by atoms with E-state index in [0.717, 1.165) is 12.0 Å². The molecule has 1 aliphatic heterocycles. The average molecular weight is 494 g/mol. The Labute approximate surface area is 205 Å². The van der Waals surface area contributed by atoms with Crippen molar-refractivity contribution >= 4 is 33.2 Å². The van der Waals surface area contributed by atoms with E-state index in [1.54, 1.807) is 36.4 Å². The van der Waals surface area contributed by atoms with Crippen LogP contribution in [0.15, 0.2) is 83.8 Å². The number of amides is 2. The van der Waals surface area contributed by atoms with Gasteiger partial charge in [-0.3, -0.25) is 9.59 Å². The third kappa shape index (κ3) is 6.13. The van der Waals surface area contributed by atoms with Gasteiger partial charge in [0.1, 0.15) is 6.10 Å². The Kier molecular flexibility index (Phi) is 7.60. The van der Waals surface area contributed by atoms with E-state index >= 15 is 0 Å². The van der Waals surface area contributed by atoms with Gasteiger partial charge in [0.2, 0.25) is 10.0 Å². The van der Waals surface area contributed by atoms with E-state index < -0.39 is 16.1 Å². The predicted octanol–water partition coefficient (Wildman–Crippen LogP) is 3.88. The van der Waals surface area contributed by atoms with Gasteiger partial charge in [0.25, 0.3) is 11.8 Å². The van der Waals surface area contributed by atoms with Gasteiger partial charge in [-0.25, -0.2) is 8.42 Å². The van der Waals surface area contributed by atoms with Crippen LogP contribution in [-0.4, -0.2) is 44.3 Å². The number of rotatable bonds is 8. The van der Waals surface area contributed by atoms with Gasteiger partial charge in [0, 0.05) is 37.1 Å². The summed E-state index contributed by atoms with van der Waals surface area (Å²) in [5.74, 6) is -0.607. The molecule has 0 radical (unpaired) electrons. The fourth-order valence-corrected chi connectivity index (χ4v) is 4.92. The number of hydrogen-bond donors (Lipinski definition) is 2. The Balaban J connectivity index is 1.39. The number of anilines is 2. The van der Waals surface area contributed by atoms with E-state index in [4.69, 9.17) is 4.74 Å². The summed E-state index contributed by atoms with van der Waals surface area (Å²) in [6, 6.07) is 22.0. The molecule has 0 spiro atoms. The minimum atomic E-state index is -3.69. The fourth-order valence-electron chi connectivity index (χ4n) is 3.76. The molecule has 1 saturated heterocycles. The lowest BCUT2D eigenvalue weighted by atomic mass is 10.1. The van der Waals surface area contributed by atoms with Crippen molar-refractivity contribution in [3.8, 4) is 0 Å². The lowest BCUT2D eigenvalue weighted by Crippen LogP contribution is -2.27. The summed E-state index contributed by atoms with van der Waals surface area (Å²) < 4.78 is 32.5. The monoisotopic (exact) mass is 493 g/mol. The molecule has 1 unspecified atom stereocenters. The highest BCUT2D eigenvalue weighted by atomic mass is 32.2. The lowest BCUT2D eigenvalue weighted by molar-refractivity contribution is -0.124. The van der Waals surface area contributed by atoms with Crippen molar-refractivity contribution in [1.29, 1.82) is 0 Å². The van der Waals surface area contributed by atoms with Gasteiger partial charge in [-0.15, -0.1) is 0 Å². The Bertz CT molecular complexity index is 1290. The molecule has 1 fully saturated rings. The molecular formula is C26H27N3O5S. The predicted molar refractivity (Wildman–Crippen MR) is 134 cm³/mol. The molecule has 0 bridgehead atoms. The molecule has 1 aliphatic rings. The molecule has 182 valence electrons. The zero-order chi connectivity index (χ0) is 24.8. The number of benzene rings is 3. The summed E-state index contributed by atoms with van der Waals surface area (Å²) >= 11 is 0. The molecule has 0 aliphatic carbocycles. The van der Waals surface area contributed by atoms with Gasteiger partial charge < -0.3 is 15.4 Å². The van der Waals surface area contributed by atoms with Gasteiger partial charge in [-0.1, -0.05) is 36.4 Å². The van der Waals surface area contributed by atoms with Crippen LogP contribution in [0.2, 0.25) is 0 Å². The van der Waals surface area contributed by atoms with Crippen LogP contribution in [0.4, 0.5) is 11.4 Å². The quantitative estimate of drug-likeness (QED) is 0.496. The Morgan fingerprint density at radius 1 is 0.943 bits per heavy atom. The van der Waals surface area contributed by atoms with E-state index in [1.165, 1.54) is 23.5 Å². The summed E-state index contributed by atoms with van der Waals surface area (Å²) in [5, 5.41) is 5.54. The molecule has 2 N–H and O–H groups in total. The van der Waals surface area contributed by atoms with E-state index in [-0.39, 0.29) is 23.3 Å². The van der Waals surface area contributed by atoms with Crippen LogP contribution in [0.25, 0.3) is 0 Å². The van der Waals surface area contributed by atoms with Crippen molar-refractivity contribution in [3.63, 3.8) is 0 Å². The summed E-state index contributed by atoms with van der Waals surface area (Å²) in [7, 11) is -2.16. The minimum Gasteiger partial charge on any atom is -0.368 e. The third-order valence-corrected chi connectivity index (χ3v) is 7.50. The molecule has 0 aromatic heterocycles. The van der Waals surface area contributed by atoms with Crippen LogP contribution in [0.1, 0.15) is 28.8 Å². The second-order valence-corrected chi connectivity index (χ2v) is 10.3. The zero-order valence-electron chi connectivity index (χ0n) is 19.3. The molecule has 3 aromatic rings. The van der Waals surface area contributed by atoms with Crippen LogP contribution < -0.4 is 10.6 Å². The second kappa shape index (κ2) is 10.8. The maximum absolute atomic E-state index is 12.9. The van der Waals surface area contributed by atoms with Crippen LogP contribution >= 0.6 is 0 Å². The first-order valence-corrected chi connectivity index (χ1v) is 12.7. The van der Waals surface area contributed by atoms with E-state index in [1.807, 2.05) is 30.3 Å². The smallest absolute Gasteiger partial charge is 0.255 e. The minimum absolute atomic E-state index is 0.132. The number of nitrogens with zero attached hydrogens (tertiary/aromatic N) is 1. The number of nitrogens with one attached hydrogen (secondary N) is 2. The zero-order valence-corrected chi connectivity index (χ0v) is 20.1. The van der Waals surface area contributed by atoms with Crippen molar-refractivity contribution in [2.24, 2.45) is 0 Å². The number of hydrogen-bond acceptors (Lipinski definition) is 5. The standard InChI is InChI=1S/C26H27N3O5S/c1-29(18-19-7-3-2-4-8-19)35(32,33)23-14-12-21(13-15-23)27-25(30)20-9-5-10-22(17-20)28-26(31)24-11-6-16-34-24/h2-5,7-10,12-15,17,24H,6,11,16,18H2,1H3,(H,27,30)(H,28,31). The highest BCUT2D eigenvalue weighted by Gasteiger charge is 2.24. The largest absolute Gasteiger partial charge is 0.368 e. The second-order valence-electron chi connectivity index (χ2n) is 8.30. The molecule has 1 heterocycles. The number of carbonyl (C=O) groups is 2. The van der Waals surface area contributed by atoms with Gasteiger partial charge in [0.05, 0.1) is 4.90 Å². The molecule has 35 heavy (non-hydrogen) atoms. The van der Waals surface area contributed by atoms with Crippen LogP contribution in [0, 0.1) is 0 Å². The number of ether oxygens (including phenoxy) is 1. The van der Waals surface area contributed by atoms with Gasteiger partial charge >= 0.3 is 0 Å². The first-order valence-electron chi connectivity index (χ1n) is 11.3. The lowest BCUT2D eigenvalue weighted by Gasteiger charge is -2.17. The first kappa shape index (κ1) is 24.6. The van der Waals surface area contributed by atoms with Gasteiger partial charge in [0.15, 0.2) is 0 Å². The fraction of sp³-hybridized carbons (Fsp3) is 0.231. The maximum atomic E-state index is 12.9. The Hall–Kier alpha value is -3.53. The highest BCUT2D eigenvalue weighted by molar-refractivity contribution is 7.89. The topological polar surface area (TPSA) is 105 Å². The molecule has 0 saturated carbocycles. The van der Waals surface area contributed by atoms with Crippen molar-refractivity contribution in [2.75, 3.05) is 24.3 Å². The average Bonchev–Trinajstić information content (AvgIpc) is 3.40. The molecular weight excluding hydrogens is 466 g/mol. The Morgan fingerprint density at radius 3 is 2.37 bits per heavy atom. The van der Waals surface area contributed by atoms with Crippen molar-refractivity contribution in [3.05, 3.63) is 90.0 Å². The maximum Gasteiger partial charge on any atom is 0.255 e.